The molecule has 3 amide bonds. The van der Waals surface area contributed by atoms with Gasteiger partial charge in [-0.2, -0.15) is 0 Å². The van der Waals surface area contributed by atoms with Crippen LogP contribution in [-0.2, 0) is 25.5 Å². The van der Waals surface area contributed by atoms with Crippen molar-refractivity contribution in [2.24, 2.45) is 0 Å². The topological polar surface area (TPSA) is 184 Å². The van der Waals surface area contributed by atoms with E-state index in [0.29, 0.717) is 77.2 Å². The molecule has 3 N–H and O–H groups in total. The third-order valence-corrected chi connectivity index (χ3v) is 15.4. The number of amides is 3. The summed E-state index contributed by atoms with van der Waals surface area (Å²) in [5.74, 6) is 78.4. The van der Waals surface area contributed by atoms with Crippen LogP contribution in [0.5, 0.6) is 23.0 Å². The Hall–Kier alpha value is -13.9. The van der Waals surface area contributed by atoms with Crippen LogP contribution in [0.25, 0.3) is 16.7 Å². The van der Waals surface area contributed by atoms with Crippen LogP contribution in [0.1, 0.15) is 133 Å². The summed E-state index contributed by atoms with van der Waals surface area (Å²) in [4.78, 5) is 52.5. The number of hydrogen-bond acceptors (Lipinski definition) is 13. The lowest BCUT2D eigenvalue weighted by atomic mass is 9.96. The van der Waals surface area contributed by atoms with E-state index in [1.165, 1.54) is 16.7 Å². The Bertz CT molecular complexity index is 4980. The van der Waals surface area contributed by atoms with Gasteiger partial charge in [0.25, 0.3) is 5.91 Å². The van der Waals surface area contributed by atoms with Gasteiger partial charge in [0.15, 0.2) is 0 Å². The van der Waals surface area contributed by atoms with Crippen molar-refractivity contribution in [3.05, 3.63) is 136 Å². The van der Waals surface area contributed by atoms with Crippen LogP contribution in [0.3, 0.4) is 0 Å². The van der Waals surface area contributed by atoms with Crippen molar-refractivity contribution in [2.45, 2.75) is 119 Å². The summed E-state index contributed by atoms with van der Waals surface area (Å²) in [6.45, 7) is 21.7. The molecule has 4 aromatic carbocycles. The zero-order valence-corrected chi connectivity index (χ0v) is 64.3. The van der Waals surface area contributed by atoms with E-state index >= 15 is 0 Å². The first-order chi connectivity index (χ1) is 53.2. The monoisotopic (exact) mass is 1460 g/mol. The Balaban J connectivity index is 0.000000264. The third-order valence-electron chi connectivity index (χ3n) is 15.4. The van der Waals surface area contributed by atoms with Crippen LogP contribution >= 0.6 is 0 Å². The van der Waals surface area contributed by atoms with Crippen molar-refractivity contribution >= 4 is 40.8 Å². The van der Waals surface area contributed by atoms with Crippen molar-refractivity contribution < 1.29 is 57.4 Å². The van der Waals surface area contributed by atoms with E-state index in [4.69, 9.17) is 33.2 Å². The Morgan fingerprint density at radius 3 is 1.18 bits per heavy atom. The third kappa shape index (κ3) is 33.0. The number of carbonyl (C=O) groups excluding carboxylic acids is 4. The van der Waals surface area contributed by atoms with Crippen LogP contribution in [0, 0.1) is 178 Å². The summed E-state index contributed by atoms with van der Waals surface area (Å²) < 4.78 is 38.0. The minimum Gasteiger partial charge on any atom is -0.497 e. The molecule has 16 nitrogen and oxygen atoms in total. The molecule has 0 spiro atoms. The van der Waals surface area contributed by atoms with Gasteiger partial charge in [0.1, 0.15) is 40.8 Å². The highest BCUT2D eigenvalue weighted by Crippen LogP contribution is 2.33. The molecule has 0 radical (unpaired) electrons. The molecule has 4 aromatic rings. The minimum atomic E-state index is -0.556. The summed E-state index contributed by atoms with van der Waals surface area (Å²) in [6, 6.07) is 29.4. The van der Waals surface area contributed by atoms with E-state index in [0.717, 1.165) is 87.9 Å². The second kappa shape index (κ2) is 49.0. The number of ether oxygens (including phenoxy) is 7. The second-order valence-electron chi connectivity index (χ2n) is 25.2. The lowest BCUT2D eigenvalue weighted by molar-refractivity contribution is -0.138. The first kappa shape index (κ1) is 86.7. The highest BCUT2D eigenvalue weighted by Gasteiger charge is 2.29. The van der Waals surface area contributed by atoms with Gasteiger partial charge in [-0.25, -0.2) is 14.4 Å². The van der Waals surface area contributed by atoms with E-state index in [-0.39, 0.29) is 30.7 Å². The molecule has 0 aliphatic carbocycles. The Labute approximate surface area is 650 Å². The number of nitrogens with zero attached hydrogens (tertiary/aromatic N) is 2. The van der Waals surface area contributed by atoms with Gasteiger partial charge in [0.05, 0.1) is 34.5 Å². The average Bonchev–Trinajstić information content (AvgIpc) is 1.62. The summed E-state index contributed by atoms with van der Waals surface area (Å²) in [6.07, 6.45) is 3.60. The summed E-state index contributed by atoms with van der Waals surface area (Å²) in [7, 11) is 4.93. The number of nitrogens with one attached hydrogen (secondary N) is 2. The first-order valence-corrected chi connectivity index (χ1v) is 35.1. The molecule has 0 atom stereocenters. The predicted molar refractivity (Wildman–Crippen MR) is 431 cm³/mol. The molecule has 0 bridgehead atoms. The van der Waals surface area contributed by atoms with E-state index in [9.17, 15) is 24.3 Å². The molecular weight excluding hydrogens is 1380 g/mol. The van der Waals surface area contributed by atoms with Crippen molar-refractivity contribution in [2.75, 3.05) is 80.4 Å². The molecule has 554 valence electrons. The summed E-state index contributed by atoms with van der Waals surface area (Å²) >= 11 is 0. The maximum Gasteiger partial charge on any atom is 0.410 e. The van der Waals surface area contributed by atoms with Gasteiger partial charge >= 0.3 is 18.2 Å². The van der Waals surface area contributed by atoms with E-state index in [2.05, 4.69) is 200 Å². The number of fused-ring (bicyclic) bond motifs is 1. The molecular formula is C94H86N4O12. The van der Waals surface area contributed by atoms with Crippen LogP contribution in [0.15, 0.2) is 108 Å². The van der Waals surface area contributed by atoms with Gasteiger partial charge in [0, 0.05) is 115 Å². The lowest BCUT2D eigenvalue weighted by Gasteiger charge is -2.26. The van der Waals surface area contributed by atoms with Gasteiger partial charge in [-0.15, -0.1) is 0 Å². The smallest absolute Gasteiger partial charge is 0.410 e. The molecule has 16 heteroatoms. The SMILES string of the molecule is CC#CC#CC#CC#CC#CC#CC#CC#CC#CC#CC#CC#CC#CC#CC#CC.CCOC(=O)C1=C(c2ccc(OC)cc2)CCN(C(=O)OC(C)(C)C)CC1.COc1ccc(C2=C(CO)CCN(C(=O)OC(C)(C)C)CC2)cc1.COc1ccc(C2=C(COc3ccc4c(c3)C(=O)NC4)CCNCC2)cc1. The molecule has 4 aliphatic heterocycles. The highest BCUT2D eigenvalue weighted by atomic mass is 16.6. The first-order valence-electron chi connectivity index (χ1n) is 35.1. The standard InChI is InChI=1S/C32H6.C22H24N2O3.C21H29NO5.C19H27NO4/c1-3-5-7-9-11-13-15-17-19-21-23-25-27-29-31-32-30-28-26-24-22-20-18-16-14-12-10-8-6-4-2;1-26-18-5-2-15(3-6-18)20-9-11-23-10-8-17(20)14-27-19-7-4-16-13-24-22(25)21(16)12-19;1-6-26-19(23)18-12-14-22(20(24)27-21(2,3)4)13-11-17(18)15-7-9-16(25-5)10-8-15;1-19(2,3)24-18(22)20-11-9-15(13-21)17(10-12-20)14-5-7-16(23-4)8-6-14/h1-2H3;2-7,12,23H,8-11,13-14H2,1H3,(H,24,25);7-10H,6,11-14H2,1-5H3;5-8,21H,9-13H2,1-4H3. The summed E-state index contributed by atoms with van der Waals surface area (Å²) in [5.41, 5.74) is 10.1. The number of benzene rings is 4. The molecule has 4 aliphatic rings. The van der Waals surface area contributed by atoms with Crippen molar-refractivity contribution in [1.29, 1.82) is 0 Å². The fraction of sp³-hybridized carbons (Fsp3) is 0.319. The highest BCUT2D eigenvalue weighted by molar-refractivity contribution is 5.99. The second-order valence-corrected chi connectivity index (χ2v) is 25.2. The van der Waals surface area contributed by atoms with Gasteiger partial charge in [-0.3, -0.25) is 4.79 Å². The number of aliphatic hydroxyl groups excluding tert-OH is 1. The zero-order valence-electron chi connectivity index (χ0n) is 64.3. The largest absolute Gasteiger partial charge is 0.497 e. The zero-order chi connectivity index (χ0) is 79.6. The molecule has 0 fully saturated rings. The molecule has 8 rings (SSSR count). The maximum atomic E-state index is 12.5. The predicted octanol–water partition coefficient (Wildman–Crippen LogP) is 11.7. The fourth-order valence-electron chi connectivity index (χ4n) is 10.3. The van der Waals surface area contributed by atoms with E-state index < -0.39 is 11.2 Å². The number of hydrogen-bond donors (Lipinski definition) is 3. The van der Waals surface area contributed by atoms with Gasteiger partial charge in [-0.05, 0) is 307 Å². The van der Waals surface area contributed by atoms with Gasteiger partial charge in [-0.1, -0.05) is 54.3 Å². The Morgan fingerprint density at radius 1 is 0.445 bits per heavy atom. The van der Waals surface area contributed by atoms with Crippen LogP contribution in [-0.4, -0.2) is 131 Å². The van der Waals surface area contributed by atoms with Crippen molar-refractivity contribution in [3.63, 3.8) is 0 Å². The Kier molecular flexibility index (Phi) is 38.6. The molecule has 0 saturated heterocycles. The summed E-state index contributed by atoms with van der Waals surface area (Å²) in [5, 5.41) is 16.0. The lowest BCUT2D eigenvalue weighted by Crippen LogP contribution is -2.37. The molecule has 0 unspecified atom stereocenters. The van der Waals surface area contributed by atoms with Crippen molar-refractivity contribution in [1.82, 2.24) is 20.4 Å². The van der Waals surface area contributed by atoms with E-state index in [1.54, 1.807) is 51.9 Å². The molecule has 4 heterocycles. The minimum absolute atomic E-state index is 0.00349. The number of methoxy groups -OCH3 is 3. The van der Waals surface area contributed by atoms with Crippen LogP contribution in [0.2, 0.25) is 0 Å². The molecule has 110 heavy (non-hydrogen) atoms. The Morgan fingerprint density at radius 2 is 0.800 bits per heavy atom. The maximum absolute atomic E-state index is 12.5. The normalized spacial score (nSPS) is 12.4. The van der Waals surface area contributed by atoms with Crippen molar-refractivity contribution in [3.8, 4) is 201 Å². The van der Waals surface area contributed by atoms with Gasteiger partial charge in [0.2, 0.25) is 0 Å². The van der Waals surface area contributed by atoms with Crippen LogP contribution in [0.4, 0.5) is 9.59 Å². The number of rotatable bonds is 12. The number of carbonyl (C=O) groups is 4. The van der Waals surface area contributed by atoms with E-state index in [1.807, 2.05) is 120 Å². The molecule has 0 aromatic heterocycles. The van der Waals surface area contributed by atoms with Crippen LogP contribution < -0.4 is 29.6 Å². The average molecular weight is 1460 g/mol. The fourth-order valence-corrected chi connectivity index (χ4v) is 10.3. The molecule has 0 saturated carbocycles. The number of esters is 1. The quantitative estimate of drug-likeness (QED) is 0.0692. The number of aliphatic hydroxyl groups is 1. The van der Waals surface area contributed by atoms with Gasteiger partial charge < -0.3 is 58.7 Å².